The van der Waals surface area contributed by atoms with Crippen LogP contribution in [0.2, 0.25) is 0 Å². The third-order valence-corrected chi connectivity index (χ3v) is 5.55. The molecule has 1 heteroatoms. The number of hydrogen-bond acceptors (Lipinski definition) is 1. The lowest BCUT2D eigenvalue weighted by atomic mass is 9.70. The second kappa shape index (κ2) is 6.96. The van der Waals surface area contributed by atoms with Crippen LogP contribution in [0.1, 0.15) is 89.3 Å². The van der Waals surface area contributed by atoms with Crippen LogP contribution in [0.15, 0.2) is 24.3 Å². The maximum atomic E-state index is 6.74. The molecule has 2 rings (SSSR count). The van der Waals surface area contributed by atoms with E-state index in [1.165, 1.54) is 49.7 Å². The van der Waals surface area contributed by atoms with E-state index in [1.54, 1.807) is 0 Å². The summed E-state index contributed by atoms with van der Waals surface area (Å²) in [5, 5.41) is 0. The van der Waals surface area contributed by atoms with Gasteiger partial charge in [0.1, 0.15) is 0 Å². The molecule has 2 atom stereocenters. The van der Waals surface area contributed by atoms with Crippen molar-refractivity contribution in [2.45, 2.75) is 78.2 Å². The Morgan fingerprint density at radius 3 is 2.00 bits per heavy atom. The minimum absolute atomic E-state index is 0.202. The Kier molecular flexibility index (Phi) is 5.48. The fourth-order valence-electron chi connectivity index (χ4n) is 4.16. The predicted octanol–water partition coefficient (Wildman–Crippen LogP) is 5.81. The molecule has 1 aliphatic rings. The van der Waals surface area contributed by atoms with Gasteiger partial charge in [-0.15, -0.1) is 0 Å². The van der Waals surface area contributed by atoms with Gasteiger partial charge in [-0.1, -0.05) is 64.8 Å². The van der Waals surface area contributed by atoms with Crippen molar-refractivity contribution < 1.29 is 0 Å². The van der Waals surface area contributed by atoms with Gasteiger partial charge in [-0.2, -0.15) is 0 Å². The predicted molar refractivity (Wildman–Crippen MR) is 92.4 cm³/mol. The highest BCUT2D eigenvalue weighted by Crippen LogP contribution is 2.50. The Morgan fingerprint density at radius 2 is 1.52 bits per heavy atom. The van der Waals surface area contributed by atoms with E-state index in [2.05, 4.69) is 52.0 Å². The summed E-state index contributed by atoms with van der Waals surface area (Å²) >= 11 is 0. The summed E-state index contributed by atoms with van der Waals surface area (Å²) in [5.74, 6) is 1.37. The molecule has 0 aliphatic heterocycles. The Hall–Kier alpha value is -0.820. The van der Waals surface area contributed by atoms with Crippen LogP contribution in [-0.2, 0) is 0 Å². The molecule has 0 bridgehead atoms. The molecule has 0 heterocycles. The minimum atomic E-state index is 0.202. The van der Waals surface area contributed by atoms with Gasteiger partial charge in [-0.3, -0.25) is 0 Å². The summed E-state index contributed by atoms with van der Waals surface area (Å²) < 4.78 is 0. The molecule has 1 nitrogen and oxygen atoms in total. The van der Waals surface area contributed by atoms with E-state index in [0.717, 1.165) is 5.92 Å². The average Bonchev–Trinajstić information content (AvgIpc) is 2.94. The molecule has 0 radical (unpaired) electrons. The molecule has 0 spiro atoms. The van der Waals surface area contributed by atoms with Crippen molar-refractivity contribution >= 4 is 0 Å². The Labute approximate surface area is 131 Å². The molecule has 1 saturated carbocycles. The van der Waals surface area contributed by atoms with E-state index in [0.29, 0.717) is 11.3 Å². The summed E-state index contributed by atoms with van der Waals surface area (Å²) in [6, 6.07) is 9.36. The summed E-state index contributed by atoms with van der Waals surface area (Å²) in [5.41, 5.74) is 9.86. The zero-order valence-electron chi connectivity index (χ0n) is 14.4. The highest BCUT2D eigenvalue weighted by Gasteiger charge is 2.40. The van der Waals surface area contributed by atoms with Gasteiger partial charge in [0.15, 0.2) is 0 Å². The van der Waals surface area contributed by atoms with Gasteiger partial charge in [0, 0.05) is 6.04 Å². The maximum Gasteiger partial charge on any atom is 0.0352 e. The smallest absolute Gasteiger partial charge is 0.0352 e. The standard InChI is InChI=1S/C20H33N/c1-5-16(4)17-8-10-18(11-9-17)19(21)20(14-15(2)3)12-6-7-13-20/h8-11,15-16,19H,5-7,12-14,21H2,1-4H3. The highest BCUT2D eigenvalue weighted by atomic mass is 14.7. The molecular weight excluding hydrogens is 254 g/mol. The van der Waals surface area contributed by atoms with Gasteiger partial charge < -0.3 is 5.73 Å². The van der Waals surface area contributed by atoms with E-state index in [4.69, 9.17) is 5.73 Å². The van der Waals surface area contributed by atoms with Gasteiger partial charge in [0.05, 0.1) is 0 Å². The van der Waals surface area contributed by atoms with Crippen molar-refractivity contribution in [2.24, 2.45) is 17.1 Å². The number of nitrogens with two attached hydrogens (primary N) is 1. The largest absolute Gasteiger partial charge is 0.323 e. The molecular formula is C20H33N. The second-order valence-corrected chi connectivity index (χ2v) is 7.62. The average molecular weight is 287 g/mol. The first-order valence-corrected chi connectivity index (χ1v) is 8.84. The molecule has 1 aromatic carbocycles. The quantitative estimate of drug-likeness (QED) is 0.702. The summed E-state index contributed by atoms with van der Waals surface area (Å²) in [4.78, 5) is 0. The van der Waals surface area contributed by atoms with Crippen LogP contribution in [0.5, 0.6) is 0 Å². The van der Waals surface area contributed by atoms with Crippen molar-refractivity contribution in [2.75, 3.05) is 0 Å². The lowest BCUT2D eigenvalue weighted by molar-refractivity contribution is 0.183. The van der Waals surface area contributed by atoms with E-state index in [9.17, 15) is 0 Å². The van der Waals surface area contributed by atoms with E-state index < -0.39 is 0 Å². The van der Waals surface area contributed by atoms with E-state index in [1.807, 2.05) is 0 Å². The Balaban J connectivity index is 2.19. The van der Waals surface area contributed by atoms with Crippen LogP contribution in [0.4, 0.5) is 0 Å². The third-order valence-electron chi connectivity index (χ3n) is 5.55. The minimum Gasteiger partial charge on any atom is -0.323 e. The van der Waals surface area contributed by atoms with E-state index in [-0.39, 0.29) is 6.04 Å². The first-order chi connectivity index (χ1) is 9.98. The van der Waals surface area contributed by atoms with Crippen molar-refractivity contribution in [3.8, 4) is 0 Å². The van der Waals surface area contributed by atoms with Gasteiger partial charge in [-0.25, -0.2) is 0 Å². The number of hydrogen-bond donors (Lipinski definition) is 1. The van der Waals surface area contributed by atoms with Crippen LogP contribution < -0.4 is 5.73 Å². The van der Waals surface area contributed by atoms with Crippen molar-refractivity contribution in [3.63, 3.8) is 0 Å². The summed E-state index contributed by atoms with van der Waals surface area (Å²) in [7, 11) is 0. The zero-order valence-corrected chi connectivity index (χ0v) is 14.4. The van der Waals surface area contributed by atoms with Gasteiger partial charge in [-0.05, 0) is 54.1 Å². The molecule has 2 unspecified atom stereocenters. The SMILES string of the molecule is CCC(C)c1ccc(C(N)C2(CC(C)C)CCCC2)cc1. The third kappa shape index (κ3) is 3.69. The van der Waals surface area contributed by atoms with Gasteiger partial charge in [0.2, 0.25) is 0 Å². The topological polar surface area (TPSA) is 26.0 Å². The van der Waals surface area contributed by atoms with Crippen LogP contribution in [0, 0.1) is 11.3 Å². The zero-order chi connectivity index (χ0) is 15.5. The highest BCUT2D eigenvalue weighted by molar-refractivity contribution is 5.28. The molecule has 1 aliphatic carbocycles. The first-order valence-electron chi connectivity index (χ1n) is 8.84. The molecule has 21 heavy (non-hydrogen) atoms. The summed E-state index contributed by atoms with van der Waals surface area (Å²) in [6.45, 7) is 9.21. The Bertz CT molecular complexity index is 426. The molecule has 1 fully saturated rings. The Morgan fingerprint density at radius 1 is 1.00 bits per heavy atom. The normalized spacial score (nSPS) is 20.7. The van der Waals surface area contributed by atoms with Crippen LogP contribution in [0.25, 0.3) is 0 Å². The van der Waals surface area contributed by atoms with E-state index >= 15 is 0 Å². The van der Waals surface area contributed by atoms with Gasteiger partial charge >= 0.3 is 0 Å². The fraction of sp³-hybridized carbons (Fsp3) is 0.700. The molecule has 0 aromatic heterocycles. The van der Waals surface area contributed by atoms with Gasteiger partial charge in [0.25, 0.3) is 0 Å². The lowest BCUT2D eigenvalue weighted by Crippen LogP contribution is -2.33. The first kappa shape index (κ1) is 16.5. The fourth-order valence-corrected chi connectivity index (χ4v) is 4.16. The molecule has 0 saturated heterocycles. The monoisotopic (exact) mass is 287 g/mol. The maximum absolute atomic E-state index is 6.74. The molecule has 1 aromatic rings. The lowest BCUT2D eigenvalue weighted by Gasteiger charge is -2.37. The van der Waals surface area contributed by atoms with Crippen LogP contribution >= 0.6 is 0 Å². The van der Waals surface area contributed by atoms with Crippen molar-refractivity contribution in [3.05, 3.63) is 35.4 Å². The number of rotatable bonds is 6. The molecule has 0 amide bonds. The molecule has 2 N–H and O–H groups in total. The molecule has 118 valence electrons. The van der Waals surface area contributed by atoms with Crippen LogP contribution in [0.3, 0.4) is 0 Å². The number of benzene rings is 1. The van der Waals surface area contributed by atoms with Crippen LogP contribution in [-0.4, -0.2) is 0 Å². The summed E-state index contributed by atoms with van der Waals surface area (Å²) in [6.07, 6.45) is 7.78. The van der Waals surface area contributed by atoms with Crippen molar-refractivity contribution in [1.29, 1.82) is 0 Å². The second-order valence-electron chi connectivity index (χ2n) is 7.62. The van der Waals surface area contributed by atoms with Crippen molar-refractivity contribution in [1.82, 2.24) is 0 Å².